The van der Waals surface area contributed by atoms with E-state index < -0.39 is 12.2 Å². The summed E-state index contributed by atoms with van der Waals surface area (Å²) in [5.74, 6) is 0.575. The molecule has 3 N–H and O–H groups in total. The van der Waals surface area contributed by atoms with E-state index in [1.54, 1.807) is 18.2 Å². The highest BCUT2D eigenvalue weighted by Gasteiger charge is 2.38. The first-order valence-corrected chi connectivity index (χ1v) is 4.91. The molecule has 0 aliphatic rings. The van der Waals surface area contributed by atoms with Gasteiger partial charge in [0.15, 0.2) is 0 Å². The van der Waals surface area contributed by atoms with Crippen LogP contribution in [0.2, 0.25) is 0 Å². The van der Waals surface area contributed by atoms with Gasteiger partial charge in [0.1, 0.15) is 11.8 Å². The Kier molecular flexibility index (Phi) is 2.74. The number of H-pyrrole nitrogens is 1. The van der Waals surface area contributed by atoms with Crippen molar-refractivity contribution >= 4 is 10.9 Å². The van der Waals surface area contributed by atoms with Gasteiger partial charge >= 0.3 is 6.18 Å². The van der Waals surface area contributed by atoms with Crippen molar-refractivity contribution < 1.29 is 17.9 Å². The van der Waals surface area contributed by atoms with E-state index in [1.807, 2.05) is 0 Å². The van der Waals surface area contributed by atoms with Gasteiger partial charge in [0.05, 0.1) is 7.11 Å². The third-order valence-electron chi connectivity index (χ3n) is 2.54. The number of ether oxygens (including phenoxy) is 1. The fourth-order valence-corrected chi connectivity index (χ4v) is 1.60. The van der Waals surface area contributed by atoms with Crippen LogP contribution in [0, 0.1) is 0 Å². The normalized spacial score (nSPS) is 13.9. The largest absolute Gasteiger partial charge is 0.497 e. The maximum atomic E-state index is 12.4. The van der Waals surface area contributed by atoms with Crippen LogP contribution in [-0.4, -0.2) is 18.3 Å². The lowest BCUT2D eigenvalue weighted by atomic mass is 10.2. The third kappa shape index (κ3) is 2.21. The summed E-state index contributed by atoms with van der Waals surface area (Å²) in [7, 11) is 1.49. The molecule has 0 saturated heterocycles. The van der Waals surface area contributed by atoms with E-state index in [2.05, 4.69) is 4.98 Å². The summed E-state index contributed by atoms with van der Waals surface area (Å²) in [5, 5.41) is 0.667. The highest BCUT2D eigenvalue weighted by Crippen LogP contribution is 2.32. The lowest BCUT2D eigenvalue weighted by Crippen LogP contribution is -2.28. The van der Waals surface area contributed by atoms with E-state index in [-0.39, 0.29) is 5.69 Å². The quantitative estimate of drug-likeness (QED) is 0.853. The Morgan fingerprint density at radius 3 is 2.59 bits per heavy atom. The van der Waals surface area contributed by atoms with Gasteiger partial charge in [-0.3, -0.25) is 0 Å². The number of benzene rings is 1. The number of halogens is 3. The average Bonchev–Trinajstić information content (AvgIpc) is 2.68. The second-order valence-corrected chi connectivity index (χ2v) is 3.70. The summed E-state index contributed by atoms with van der Waals surface area (Å²) in [5.41, 5.74) is 5.63. The van der Waals surface area contributed by atoms with Crippen molar-refractivity contribution in [1.29, 1.82) is 0 Å². The molecule has 2 rings (SSSR count). The van der Waals surface area contributed by atoms with Gasteiger partial charge in [-0.1, -0.05) is 0 Å². The molecule has 17 heavy (non-hydrogen) atoms. The zero-order valence-electron chi connectivity index (χ0n) is 9.01. The Bertz CT molecular complexity index is 533. The molecule has 0 amide bonds. The first kappa shape index (κ1) is 11.8. The van der Waals surface area contributed by atoms with Crippen molar-refractivity contribution in [3.05, 3.63) is 30.0 Å². The van der Waals surface area contributed by atoms with E-state index in [4.69, 9.17) is 10.5 Å². The van der Waals surface area contributed by atoms with Crippen LogP contribution < -0.4 is 10.5 Å². The van der Waals surface area contributed by atoms with E-state index >= 15 is 0 Å². The predicted molar refractivity (Wildman–Crippen MR) is 57.8 cm³/mol. The van der Waals surface area contributed by atoms with Gasteiger partial charge in [-0.2, -0.15) is 13.2 Å². The monoisotopic (exact) mass is 244 g/mol. The van der Waals surface area contributed by atoms with Crippen LogP contribution in [0.5, 0.6) is 5.75 Å². The molecule has 1 heterocycles. The summed E-state index contributed by atoms with van der Waals surface area (Å²) in [6, 6.07) is 4.38. The average molecular weight is 244 g/mol. The molecule has 6 heteroatoms. The number of methoxy groups -OCH3 is 1. The van der Waals surface area contributed by atoms with Crippen molar-refractivity contribution in [1.82, 2.24) is 4.98 Å². The summed E-state index contributed by atoms with van der Waals surface area (Å²) in [6.07, 6.45) is -4.45. The molecule has 0 aliphatic carbocycles. The molecule has 0 fully saturated rings. The topological polar surface area (TPSA) is 51.0 Å². The van der Waals surface area contributed by atoms with Gasteiger partial charge in [0, 0.05) is 17.3 Å². The van der Waals surface area contributed by atoms with Crippen LogP contribution >= 0.6 is 0 Å². The fraction of sp³-hybridized carbons (Fsp3) is 0.273. The third-order valence-corrected chi connectivity index (χ3v) is 2.54. The molecule has 0 spiro atoms. The van der Waals surface area contributed by atoms with Crippen molar-refractivity contribution in [3.8, 4) is 5.75 Å². The zero-order chi connectivity index (χ0) is 12.6. The Morgan fingerprint density at radius 2 is 2.00 bits per heavy atom. The zero-order valence-corrected chi connectivity index (χ0v) is 9.01. The number of nitrogens with two attached hydrogens (primary N) is 1. The highest BCUT2D eigenvalue weighted by molar-refractivity contribution is 5.82. The van der Waals surface area contributed by atoms with Crippen LogP contribution in [0.15, 0.2) is 24.3 Å². The minimum Gasteiger partial charge on any atom is -0.497 e. The smallest absolute Gasteiger partial charge is 0.409 e. The summed E-state index contributed by atoms with van der Waals surface area (Å²) in [4.78, 5) is 2.65. The van der Waals surface area contributed by atoms with Crippen molar-refractivity contribution in [3.63, 3.8) is 0 Å². The van der Waals surface area contributed by atoms with E-state index in [0.717, 1.165) is 0 Å². The first-order valence-electron chi connectivity index (χ1n) is 4.91. The number of aromatic amines is 1. The number of nitrogens with one attached hydrogen (secondary N) is 1. The predicted octanol–water partition coefficient (Wildman–Crippen LogP) is 2.74. The molecule has 0 saturated carbocycles. The molecule has 0 radical (unpaired) electrons. The van der Waals surface area contributed by atoms with Crippen LogP contribution in [0.1, 0.15) is 11.7 Å². The van der Waals surface area contributed by atoms with Crippen LogP contribution in [0.25, 0.3) is 10.9 Å². The van der Waals surface area contributed by atoms with E-state index in [0.29, 0.717) is 16.7 Å². The Labute approximate surface area is 95.4 Å². The Morgan fingerprint density at radius 1 is 1.29 bits per heavy atom. The Hall–Kier alpha value is -1.69. The van der Waals surface area contributed by atoms with Crippen LogP contribution in [0.3, 0.4) is 0 Å². The number of alkyl halides is 3. The molecule has 2 aromatic rings. The second-order valence-electron chi connectivity index (χ2n) is 3.70. The Balaban J connectivity index is 2.44. The van der Waals surface area contributed by atoms with Crippen molar-refractivity contribution in [2.75, 3.05) is 7.11 Å². The minimum atomic E-state index is -4.45. The van der Waals surface area contributed by atoms with Gasteiger partial charge in [-0.05, 0) is 23.6 Å². The maximum absolute atomic E-state index is 12.4. The number of hydrogen-bond acceptors (Lipinski definition) is 2. The minimum absolute atomic E-state index is 0.0549. The molecular weight excluding hydrogens is 233 g/mol. The van der Waals surface area contributed by atoms with Crippen LogP contribution in [-0.2, 0) is 0 Å². The number of aromatic nitrogens is 1. The lowest BCUT2D eigenvalue weighted by Gasteiger charge is -2.13. The van der Waals surface area contributed by atoms with Gasteiger partial charge in [0.25, 0.3) is 0 Å². The fourth-order valence-electron chi connectivity index (χ4n) is 1.60. The molecular formula is C11H11F3N2O. The standard InChI is InChI=1S/C11H11F3N2O/c1-17-7-3-2-6-4-9(16-8(6)5-7)10(15)11(12,13)14/h2-5,10,16H,15H2,1H3. The number of fused-ring (bicyclic) bond motifs is 1. The molecule has 0 bridgehead atoms. The molecule has 3 nitrogen and oxygen atoms in total. The summed E-state index contributed by atoms with van der Waals surface area (Å²) < 4.78 is 42.3. The lowest BCUT2D eigenvalue weighted by molar-refractivity contribution is -0.149. The second kappa shape index (κ2) is 3.96. The first-order chi connectivity index (χ1) is 7.91. The molecule has 1 aromatic carbocycles. The SMILES string of the molecule is COc1ccc2cc(C(N)C(F)(F)F)[nH]c2c1. The highest BCUT2D eigenvalue weighted by atomic mass is 19.4. The number of rotatable bonds is 2. The molecule has 0 aliphatic heterocycles. The summed E-state index contributed by atoms with van der Waals surface area (Å²) >= 11 is 0. The molecule has 1 unspecified atom stereocenters. The van der Waals surface area contributed by atoms with Crippen molar-refractivity contribution in [2.45, 2.75) is 12.2 Å². The van der Waals surface area contributed by atoms with Gasteiger partial charge in [-0.25, -0.2) is 0 Å². The summed E-state index contributed by atoms with van der Waals surface area (Å²) in [6.45, 7) is 0. The molecule has 1 atom stereocenters. The molecule has 92 valence electrons. The van der Waals surface area contributed by atoms with Gasteiger partial charge < -0.3 is 15.5 Å². The van der Waals surface area contributed by atoms with Gasteiger partial charge in [0.2, 0.25) is 0 Å². The maximum Gasteiger partial charge on any atom is 0.409 e. The van der Waals surface area contributed by atoms with E-state index in [1.165, 1.54) is 13.2 Å². The number of hydrogen-bond donors (Lipinski definition) is 2. The molecule has 1 aromatic heterocycles. The van der Waals surface area contributed by atoms with E-state index in [9.17, 15) is 13.2 Å². The van der Waals surface area contributed by atoms with Crippen molar-refractivity contribution in [2.24, 2.45) is 5.73 Å². The van der Waals surface area contributed by atoms with Gasteiger partial charge in [-0.15, -0.1) is 0 Å². The van der Waals surface area contributed by atoms with Crippen LogP contribution in [0.4, 0.5) is 13.2 Å².